The molecule has 1 amide bonds. The van der Waals surface area contributed by atoms with Crippen LogP contribution in [0.5, 0.6) is 0 Å². The number of methoxy groups -OCH3 is 1. The van der Waals surface area contributed by atoms with E-state index in [0.717, 1.165) is 38.5 Å². The first-order valence-electron chi connectivity index (χ1n) is 10.3. The summed E-state index contributed by atoms with van der Waals surface area (Å²) in [6, 6.07) is 0. The number of aliphatic imine (C=N–C) groups is 1. The van der Waals surface area contributed by atoms with Gasteiger partial charge in [0.25, 0.3) is 0 Å². The summed E-state index contributed by atoms with van der Waals surface area (Å²) in [6.45, 7) is 13.5. The predicted molar refractivity (Wildman–Crippen MR) is 127 cm³/mol. The molecule has 0 bridgehead atoms. The van der Waals surface area contributed by atoms with Gasteiger partial charge in [-0.15, -0.1) is 24.0 Å². The topological polar surface area (TPSA) is 75.6 Å². The molecule has 0 spiro atoms. The molecule has 1 saturated heterocycles. The van der Waals surface area contributed by atoms with Crippen molar-refractivity contribution in [3.63, 3.8) is 0 Å². The minimum atomic E-state index is -0.484. The molecule has 1 aliphatic rings. The second-order valence-corrected chi connectivity index (χ2v) is 8.11. The third-order valence-electron chi connectivity index (χ3n) is 4.39. The Hall–Kier alpha value is -0.810. The van der Waals surface area contributed by atoms with Crippen LogP contribution in [0.15, 0.2) is 4.99 Å². The van der Waals surface area contributed by atoms with E-state index in [9.17, 15) is 4.79 Å². The van der Waals surface area contributed by atoms with E-state index in [1.54, 1.807) is 19.1 Å². The van der Waals surface area contributed by atoms with E-state index in [-0.39, 0.29) is 30.1 Å². The highest BCUT2D eigenvalue weighted by molar-refractivity contribution is 14.0. The maximum atomic E-state index is 12.4. The van der Waals surface area contributed by atoms with Crippen LogP contribution < -0.4 is 5.32 Å². The van der Waals surface area contributed by atoms with Crippen LogP contribution in [-0.4, -0.2) is 94.2 Å². The fraction of sp³-hybridized carbons (Fsp3) is 0.900. The number of hydrogen-bond acceptors (Lipinski definition) is 5. The smallest absolute Gasteiger partial charge is 0.410 e. The Balaban J connectivity index is 0.00000784. The lowest BCUT2D eigenvalue weighted by molar-refractivity contribution is 0.0253. The number of ether oxygens (including phenoxy) is 3. The molecule has 1 N–H and O–H groups in total. The van der Waals surface area contributed by atoms with E-state index in [1.807, 2.05) is 20.8 Å². The zero-order valence-electron chi connectivity index (χ0n) is 19.0. The Morgan fingerprint density at radius 2 is 2.00 bits per heavy atom. The van der Waals surface area contributed by atoms with Crippen LogP contribution in [0, 0.1) is 5.92 Å². The van der Waals surface area contributed by atoms with Gasteiger partial charge in [0.15, 0.2) is 5.96 Å². The molecule has 1 aliphatic heterocycles. The first kappa shape index (κ1) is 28.2. The van der Waals surface area contributed by atoms with Crippen molar-refractivity contribution >= 4 is 36.0 Å². The molecule has 0 aliphatic carbocycles. The van der Waals surface area contributed by atoms with Crippen LogP contribution in [0.2, 0.25) is 0 Å². The molecule has 0 saturated carbocycles. The monoisotopic (exact) mass is 528 g/mol. The molecule has 0 aromatic carbocycles. The summed E-state index contributed by atoms with van der Waals surface area (Å²) in [5, 5.41) is 3.38. The molecule has 1 unspecified atom stereocenters. The van der Waals surface area contributed by atoms with Gasteiger partial charge in [-0.05, 0) is 33.6 Å². The third kappa shape index (κ3) is 11.8. The molecule has 172 valence electrons. The number of carbonyl (C=O) groups excluding carboxylic acids is 1. The third-order valence-corrected chi connectivity index (χ3v) is 4.39. The molecule has 29 heavy (non-hydrogen) atoms. The number of carbonyl (C=O) groups is 1. The van der Waals surface area contributed by atoms with Gasteiger partial charge >= 0.3 is 6.09 Å². The molecular weight excluding hydrogens is 487 g/mol. The second-order valence-electron chi connectivity index (χ2n) is 8.11. The average molecular weight is 528 g/mol. The lowest BCUT2D eigenvalue weighted by Crippen LogP contribution is -2.45. The van der Waals surface area contributed by atoms with Gasteiger partial charge in [0.05, 0.1) is 19.8 Å². The summed E-state index contributed by atoms with van der Waals surface area (Å²) in [6.07, 6.45) is 1.72. The second kappa shape index (κ2) is 15.1. The molecule has 0 aromatic rings. The minimum absolute atomic E-state index is 0. The Morgan fingerprint density at radius 3 is 2.59 bits per heavy atom. The highest BCUT2D eigenvalue weighted by Crippen LogP contribution is 2.16. The number of amides is 1. The fourth-order valence-corrected chi connectivity index (χ4v) is 3.08. The van der Waals surface area contributed by atoms with Gasteiger partial charge in [0.2, 0.25) is 0 Å². The van der Waals surface area contributed by atoms with Gasteiger partial charge in [-0.2, -0.15) is 0 Å². The first-order valence-corrected chi connectivity index (χ1v) is 10.3. The van der Waals surface area contributed by atoms with E-state index < -0.39 is 5.60 Å². The Labute approximate surface area is 193 Å². The summed E-state index contributed by atoms with van der Waals surface area (Å²) in [4.78, 5) is 20.8. The van der Waals surface area contributed by atoms with Gasteiger partial charge in [0.1, 0.15) is 5.60 Å². The molecule has 8 nitrogen and oxygen atoms in total. The number of nitrogens with one attached hydrogen (secondary N) is 1. The maximum Gasteiger partial charge on any atom is 0.410 e. The van der Waals surface area contributed by atoms with Crippen molar-refractivity contribution in [2.75, 3.05) is 66.7 Å². The Bertz CT molecular complexity index is 486. The van der Waals surface area contributed by atoms with Crippen LogP contribution in [0.3, 0.4) is 0 Å². The number of hydrogen-bond donors (Lipinski definition) is 1. The van der Waals surface area contributed by atoms with E-state index in [1.165, 1.54) is 0 Å². The highest BCUT2D eigenvalue weighted by Gasteiger charge is 2.25. The van der Waals surface area contributed by atoms with Crippen LogP contribution in [0.4, 0.5) is 4.79 Å². The normalized spacial score (nSPS) is 17.1. The van der Waals surface area contributed by atoms with Crippen LogP contribution in [-0.2, 0) is 14.2 Å². The molecular formula is C20H41IN4O4. The van der Waals surface area contributed by atoms with Crippen molar-refractivity contribution in [2.24, 2.45) is 10.9 Å². The number of halogens is 1. The predicted octanol–water partition coefficient (Wildman–Crippen LogP) is 2.81. The first-order chi connectivity index (χ1) is 13.3. The summed E-state index contributed by atoms with van der Waals surface area (Å²) in [5.41, 5.74) is -0.484. The van der Waals surface area contributed by atoms with E-state index in [2.05, 4.69) is 22.1 Å². The zero-order chi connectivity index (χ0) is 21.0. The summed E-state index contributed by atoms with van der Waals surface area (Å²) < 4.78 is 16.2. The van der Waals surface area contributed by atoms with E-state index in [0.29, 0.717) is 38.8 Å². The molecule has 1 atom stereocenters. The van der Waals surface area contributed by atoms with E-state index >= 15 is 0 Å². The van der Waals surface area contributed by atoms with Gasteiger partial charge in [0, 0.05) is 52.8 Å². The maximum absolute atomic E-state index is 12.4. The number of nitrogens with zero attached hydrogens (tertiary/aromatic N) is 3. The van der Waals surface area contributed by atoms with Crippen molar-refractivity contribution in [1.82, 2.24) is 15.1 Å². The van der Waals surface area contributed by atoms with Crippen LogP contribution >= 0.6 is 24.0 Å². The molecule has 1 fully saturated rings. The van der Waals surface area contributed by atoms with Crippen LogP contribution in [0.1, 0.15) is 40.5 Å². The summed E-state index contributed by atoms with van der Waals surface area (Å²) >= 11 is 0. The quantitative estimate of drug-likeness (QED) is 0.204. The summed E-state index contributed by atoms with van der Waals surface area (Å²) in [5.74, 6) is 1.38. The SMILES string of the molecule is CCCN(CCNC(=NC)N1CCC(COCCOC)C1)C(=O)OC(C)(C)C.I. The molecule has 1 rings (SSSR count). The van der Waals surface area contributed by atoms with Gasteiger partial charge in [-0.3, -0.25) is 4.99 Å². The van der Waals surface area contributed by atoms with Crippen molar-refractivity contribution < 1.29 is 19.0 Å². The van der Waals surface area contributed by atoms with Crippen molar-refractivity contribution in [1.29, 1.82) is 0 Å². The molecule has 1 heterocycles. The molecule has 0 radical (unpaired) electrons. The molecule has 9 heteroatoms. The zero-order valence-corrected chi connectivity index (χ0v) is 21.4. The lowest BCUT2D eigenvalue weighted by atomic mass is 10.1. The minimum Gasteiger partial charge on any atom is -0.444 e. The van der Waals surface area contributed by atoms with Crippen molar-refractivity contribution in [3.05, 3.63) is 0 Å². The van der Waals surface area contributed by atoms with Crippen LogP contribution in [0.25, 0.3) is 0 Å². The average Bonchev–Trinajstić information content (AvgIpc) is 3.08. The fourth-order valence-electron chi connectivity index (χ4n) is 3.08. The summed E-state index contributed by atoms with van der Waals surface area (Å²) in [7, 11) is 3.48. The Morgan fingerprint density at radius 1 is 1.28 bits per heavy atom. The lowest BCUT2D eigenvalue weighted by Gasteiger charge is -2.28. The number of likely N-dealkylation sites (tertiary alicyclic amines) is 1. The number of guanidine groups is 1. The highest BCUT2D eigenvalue weighted by atomic mass is 127. The van der Waals surface area contributed by atoms with Gasteiger partial charge in [-0.1, -0.05) is 6.92 Å². The van der Waals surface area contributed by atoms with Gasteiger partial charge in [-0.25, -0.2) is 4.79 Å². The van der Waals surface area contributed by atoms with Gasteiger partial charge < -0.3 is 29.3 Å². The number of rotatable bonds is 10. The van der Waals surface area contributed by atoms with Crippen molar-refractivity contribution in [3.8, 4) is 0 Å². The Kier molecular flexibility index (Phi) is 14.6. The standard InChI is InChI=1S/C20H40N4O4.HI/c1-7-10-23(19(25)28-20(2,3)4)12-9-22-18(21-5)24-11-8-17(15-24)16-27-14-13-26-6;/h17H,7-16H2,1-6H3,(H,21,22);1H. The van der Waals surface area contributed by atoms with E-state index in [4.69, 9.17) is 14.2 Å². The largest absolute Gasteiger partial charge is 0.444 e. The molecule has 0 aromatic heterocycles. The van der Waals surface area contributed by atoms with Crippen molar-refractivity contribution in [2.45, 2.75) is 46.1 Å².